The Hall–Kier alpha value is -2.62. The van der Waals surface area contributed by atoms with Crippen LogP contribution in [0.25, 0.3) is 0 Å². The predicted molar refractivity (Wildman–Crippen MR) is 115 cm³/mol. The molecule has 3 saturated carbocycles. The summed E-state index contributed by atoms with van der Waals surface area (Å²) in [6.07, 6.45) is 2.99. The summed E-state index contributed by atoms with van der Waals surface area (Å²) < 4.78 is 12.3. The third-order valence-corrected chi connectivity index (χ3v) is 7.49. The molecule has 0 amide bonds. The maximum absolute atomic E-state index is 13.0. The second-order valence-corrected chi connectivity index (χ2v) is 9.43. The number of carbonyl (C=O) groups excluding carboxylic acids is 2. The summed E-state index contributed by atoms with van der Waals surface area (Å²) in [5, 5.41) is 0. The van der Waals surface area contributed by atoms with E-state index in [9.17, 15) is 9.59 Å². The van der Waals surface area contributed by atoms with Gasteiger partial charge in [0.2, 0.25) is 0 Å². The van der Waals surface area contributed by atoms with Gasteiger partial charge in [-0.25, -0.2) is 9.59 Å². The van der Waals surface area contributed by atoms with Gasteiger partial charge in [-0.15, -0.1) is 0 Å². The van der Waals surface area contributed by atoms with Crippen molar-refractivity contribution in [2.24, 2.45) is 16.7 Å². The van der Waals surface area contributed by atoms with Gasteiger partial charge in [-0.3, -0.25) is 0 Å². The fourth-order valence-corrected chi connectivity index (χ4v) is 5.33. The standard InChI is InChI=1S/C26H30O4/c1-18(2)26-16-14-25(3,15-17-26)21(29-23(27)19-10-6-4-7-11-19)22(26)30-24(28)20-12-8-5-9-13-20/h4-13,18,21-22H,14-17H2,1-3H3/t21-,22+,25?,26?/m1/s1. The monoisotopic (exact) mass is 406 g/mol. The molecule has 4 heteroatoms. The summed E-state index contributed by atoms with van der Waals surface area (Å²) >= 11 is 0. The van der Waals surface area contributed by atoms with Gasteiger partial charge < -0.3 is 9.47 Å². The first-order valence-corrected chi connectivity index (χ1v) is 10.9. The Morgan fingerprint density at radius 2 is 1.20 bits per heavy atom. The largest absolute Gasteiger partial charge is 0.454 e. The zero-order chi connectivity index (χ0) is 21.4. The zero-order valence-corrected chi connectivity index (χ0v) is 18.0. The van der Waals surface area contributed by atoms with Gasteiger partial charge in [-0.1, -0.05) is 57.2 Å². The Balaban J connectivity index is 1.67. The highest BCUT2D eigenvalue weighted by molar-refractivity contribution is 5.90. The molecule has 158 valence electrons. The topological polar surface area (TPSA) is 52.6 Å². The van der Waals surface area contributed by atoms with Crippen LogP contribution < -0.4 is 0 Å². The van der Waals surface area contributed by atoms with Crippen molar-refractivity contribution in [1.29, 1.82) is 0 Å². The average Bonchev–Trinajstić information content (AvgIpc) is 2.77. The van der Waals surface area contributed by atoms with E-state index in [4.69, 9.17) is 9.47 Å². The molecule has 3 aliphatic carbocycles. The number of hydrogen-bond acceptors (Lipinski definition) is 4. The number of ether oxygens (including phenoxy) is 2. The van der Waals surface area contributed by atoms with Gasteiger partial charge in [0.1, 0.15) is 12.2 Å². The second-order valence-electron chi connectivity index (χ2n) is 9.43. The molecule has 2 atom stereocenters. The number of fused-ring (bicyclic) bond motifs is 3. The van der Waals surface area contributed by atoms with E-state index >= 15 is 0 Å². The van der Waals surface area contributed by atoms with Crippen molar-refractivity contribution in [2.45, 2.75) is 58.7 Å². The lowest BCUT2D eigenvalue weighted by Gasteiger charge is -2.61. The van der Waals surface area contributed by atoms with Crippen LogP contribution in [0.15, 0.2) is 60.7 Å². The maximum atomic E-state index is 13.0. The minimum absolute atomic E-state index is 0.177. The van der Waals surface area contributed by atoms with Gasteiger partial charge in [-0.05, 0) is 55.9 Å². The number of esters is 2. The lowest BCUT2D eigenvalue weighted by atomic mass is 9.48. The zero-order valence-electron chi connectivity index (χ0n) is 18.0. The average molecular weight is 407 g/mol. The Kier molecular flexibility index (Phi) is 5.44. The van der Waals surface area contributed by atoms with Gasteiger partial charge in [0, 0.05) is 10.8 Å². The quantitative estimate of drug-likeness (QED) is 0.600. The number of hydrogen-bond donors (Lipinski definition) is 0. The van der Waals surface area contributed by atoms with Crippen molar-refractivity contribution in [3.63, 3.8) is 0 Å². The molecular formula is C26H30O4. The van der Waals surface area contributed by atoms with Gasteiger partial charge in [0.25, 0.3) is 0 Å². The van der Waals surface area contributed by atoms with Crippen LogP contribution in [0.4, 0.5) is 0 Å². The molecule has 3 aliphatic rings. The van der Waals surface area contributed by atoms with Crippen molar-refractivity contribution in [3.05, 3.63) is 71.8 Å². The summed E-state index contributed by atoms with van der Waals surface area (Å²) in [6.45, 7) is 6.55. The van der Waals surface area contributed by atoms with E-state index in [1.165, 1.54) is 0 Å². The number of benzene rings is 2. The smallest absolute Gasteiger partial charge is 0.338 e. The molecule has 2 bridgehead atoms. The summed E-state index contributed by atoms with van der Waals surface area (Å²) in [4.78, 5) is 25.9. The van der Waals surface area contributed by atoms with E-state index in [0.717, 1.165) is 25.7 Å². The van der Waals surface area contributed by atoms with Gasteiger partial charge in [0.05, 0.1) is 11.1 Å². The maximum Gasteiger partial charge on any atom is 0.338 e. The highest BCUT2D eigenvalue weighted by Crippen LogP contribution is 2.61. The minimum atomic E-state index is -0.456. The molecule has 0 aliphatic heterocycles. The lowest BCUT2D eigenvalue weighted by Crippen LogP contribution is -2.64. The van der Waals surface area contributed by atoms with E-state index in [1.54, 1.807) is 24.3 Å². The highest BCUT2D eigenvalue weighted by Gasteiger charge is 2.63. The van der Waals surface area contributed by atoms with Gasteiger partial charge in [0.15, 0.2) is 0 Å². The first-order chi connectivity index (χ1) is 14.4. The van der Waals surface area contributed by atoms with Crippen molar-refractivity contribution in [2.75, 3.05) is 0 Å². The molecule has 0 saturated heterocycles. The van der Waals surface area contributed by atoms with Crippen LogP contribution in [0.5, 0.6) is 0 Å². The first-order valence-electron chi connectivity index (χ1n) is 10.9. The van der Waals surface area contributed by atoms with Crippen LogP contribution in [0.2, 0.25) is 0 Å². The van der Waals surface area contributed by atoms with Crippen molar-refractivity contribution in [1.82, 2.24) is 0 Å². The minimum Gasteiger partial charge on any atom is -0.454 e. The lowest BCUT2D eigenvalue weighted by molar-refractivity contribution is -0.210. The molecule has 3 fully saturated rings. The Labute approximate surface area is 178 Å². The molecule has 2 aromatic carbocycles. The highest BCUT2D eigenvalue weighted by atomic mass is 16.6. The fourth-order valence-electron chi connectivity index (χ4n) is 5.33. The molecule has 5 rings (SSSR count). The van der Waals surface area contributed by atoms with Crippen LogP contribution in [-0.2, 0) is 9.47 Å². The van der Waals surface area contributed by atoms with Crippen LogP contribution in [-0.4, -0.2) is 24.1 Å². The van der Waals surface area contributed by atoms with Crippen LogP contribution >= 0.6 is 0 Å². The molecule has 0 radical (unpaired) electrons. The number of carbonyl (C=O) groups is 2. The summed E-state index contributed by atoms with van der Waals surface area (Å²) in [5.74, 6) is -0.388. The van der Waals surface area contributed by atoms with Crippen molar-refractivity contribution < 1.29 is 19.1 Å². The molecule has 0 aromatic heterocycles. The fraction of sp³-hybridized carbons (Fsp3) is 0.462. The van der Waals surface area contributed by atoms with E-state index in [1.807, 2.05) is 36.4 Å². The van der Waals surface area contributed by atoms with Crippen LogP contribution in [0, 0.1) is 16.7 Å². The van der Waals surface area contributed by atoms with Crippen molar-refractivity contribution >= 4 is 11.9 Å². The molecule has 0 unspecified atom stereocenters. The third-order valence-electron chi connectivity index (χ3n) is 7.49. The molecule has 0 N–H and O–H groups in total. The summed E-state index contributed by atoms with van der Waals surface area (Å²) in [7, 11) is 0. The van der Waals surface area contributed by atoms with E-state index in [0.29, 0.717) is 17.0 Å². The molecule has 0 spiro atoms. The Morgan fingerprint density at radius 3 is 1.63 bits per heavy atom. The normalized spacial score (nSPS) is 30.1. The predicted octanol–water partition coefficient (Wildman–Crippen LogP) is 5.67. The molecule has 0 heterocycles. The molecule has 4 nitrogen and oxygen atoms in total. The number of rotatable bonds is 5. The molecule has 30 heavy (non-hydrogen) atoms. The van der Waals surface area contributed by atoms with Gasteiger partial charge in [-0.2, -0.15) is 0 Å². The summed E-state index contributed by atoms with van der Waals surface area (Å²) in [6, 6.07) is 18.1. The second kappa shape index (κ2) is 7.90. The third kappa shape index (κ3) is 3.53. The van der Waals surface area contributed by atoms with E-state index < -0.39 is 12.2 Å². The Bertz CT molecular complexity index is 895. The summed E-state index contributed by atoms with van der Waals surface area (Å²) in [5.41, 5.74) is 0.678. The van der Waals surface area contributed by atoms with E-state index in [2.05, 4.69) is 20.8 Å². The van der Waals surface area contributed by atoms with E-state index in [-0.39, 0.29) is 22.8 Å². The van der Waals surface area contributed by atoms with Crippen LogP contribution in [0.3, 0.4) is 0 Å². The Morgan fingerprint density at radius 1 is 0.767 bits per heavy atom. The van der Waals surface area contributed by atoms with Crippen LogP contribution in [0.1, 0.15) is 67.2 Å². The molecule has 2 aromatic rings. The van der Waals surface area contributed by atoms with Gasteiger partial charge >= 0.3 is 11.9 Å². The first kappa shape index (κ1) is 20.6. The molecular weight excluding hydrogens is 376 g/mol. The van der Waals surface area contributed by atoms with Crippen molar-refractivity contribution in [3.8, 4) is 0 Å². The SMILES string of the molecule is CC(C)C12CCC(C)(CC1)[C@H](OC(=O)c1ccccc1)[C@@H]2OC(=O)c1ccccc1.